The third-order valence-corrected chi connectivity index (χ3v) is 3.78. The van der Waals surface area contributed by atoms with Crippen LogP contribution in [0.2, 0.25) is 0 Å². The van der Waals surface area contributed by atoms with E-state index >= 15 is 0 Å². The summed E-state index contributed by atoms with van der Waals surface area (Å²) in [4.78, 5) is 6.83. The molecule has 3 heteroatoms. The number of hydrogen-bond acceptors (Lipinski definition) is 3. The van der Waals surface area contributed by atoms with Crippen LogP contribution in [0.1, 0.15) is 22.4 Å². The van der Waals surface area contributed by atoms with Crippen molar-refractivity contribution in [1.82, 2.24) is 9.88 Å². The molecule has 0 saturated carbocycles. The molecular formula is C16H19N3. The van der Waals surface area contributed by atoms with Gasteiger partial charge >= 0.3 is 0 Å². The molecule has 0 spiro atoms. The number of fused-ring (bicyclic) bond motifs is 1. The lowest BCUT2D eigenvalue weighted by Crippen LogP contribution is -2.30. The van der Waals surface area contributed by atoms with Gasteiger partial charge < -0.3 is 5.73 Å². The summed E-state index contributed by atoms with van der Waals surface area (Å²) in [5.41, 5.74) is 11.0. The third kappa shape index (κ3) is 2.67. The van der Waals surface area contributed by atoms with Crippen LogP contribution >= 0.6 is 0 Å². The first-order valence-corrected chi connectivity index (χ1v) is 6.79. The summed E-state index contributed by atoms with van der Waals surface area (Å²) in [7, 11) is 0. The van der Waals surface area contributed by atoms with Gasteiger partial charge in [0.05, 0.1) is 5.69 Å². The van der Waals surface area contributed by atoms with Gasteiger partial charge in [-0.1, -0.05) is 30.3 Å². The normalized spacial score (nSPS) is 15.2. The van der Waals surface area contributed by atoms with Crippen LogP contribution in [0.5, 0.6) is 0 Å². The first kappa shape index (κ1) is 12.3. The van der Waals surface area contributed by atoms with E-state index in [0.29, 0.717) is 6.54 Å². The van der Waals surface area contributed by atoms with Gasteiger partial charge in [-0.15, -0.1) is 0 Å². The van der Waals surface area contributed by atoms with E-state index in [0.717, 1.165) is 31.7 Å². The Kier molecular flexibility index (Phi) is 3.58. The van der Waals surface area contributed by atoms with E-state index in [1.54, 1.807) is 0 Å². The van der Waals surface area contributed by atoms with Gasteiger partial charge in [0.15, 0.2) is 0 Å². The van der Waals surface area contributed by atoms with Gasteiger partial charge in [-0.3, -0.25) is 9.88 Å². The van der Waals surface area contributed by atoms with Crippen LogP contribution in [0.15, 0.2) is 42.6 Å². The highest BCUT2D eigenvalue weighted by atomic mass is 15.1. The van der Waals surface area contributed by atoms with Gasteiger partial charge in [-0.05, 0) is 29.2 Å². The quantitative estimate of drug-likeness (QED) is 0.911. The molecule has 3 rings (SSSR count). The number of nitrogens with two attached hydrogens (primary N) is 1. The minimum absolute atomic E-state index is 0.514. The molecule has 0 saturated heterocycles. The Morgan fingerprint density at radius 1 is 1.11 bits per heavy atom. The molecule has 1 aromatic carbocycles. The van der Waals surface area contributed by atoms with Crippen molar-refractivity contribution in [1.29, 1.82) is 0 Å². The second-order valence-corrected chi connectivity index (χ2v) is 5.04. The van der Waals surface area contributed by atoms with Crippen LogP contribution < -0.4 is 5.73 Å². The van der Waals surface area contributed by atoms with Crippen molar-refractivity contribution in [3.63, 3.8) is 0 Å². The van der Waals surface area contributed by atoms with Gasteiger partial charge in [0, 0.05) is 32.4 Å². The maximum atomic E-state index is 5.75. The Balaban J connectivity index is 1.75. The van der Waals surface area contributed by atoms with Crippen molar-refractivity contribution in [2.75, 3.05) is 6.54 Å². The minimum Gasteiger partial charge on any atom is -0.325 e. The second-order valence-electron chi connectivity index (χ2n) is 5.04. The lowest BCUT2D eigenvalue weighted by atomic mass is 9.99. The molecule has 19 heavy (non-hydrogen) atoms. The monoisotopic (exact) mass is 253 g/mol. The zero-order chi connectivity index (χ0) is 13.1. The maximum absolute atomic E-state index is 5.75. The lowest BCUT2D eigenvalue weighted by Gasteiger charge is -2.29. The minimum atomic E-state index is 0.514. The molecule has 1 aliphatic rings. The SMILES string of the molecule is NCc1ncccc1CN1CCc2ccccc2C1. The van der Waals surface area contributed by atoms with Gasteiger partial charge in [-0.2, -0.15) is 0 Å². The van der Waals surface area contributed by atoms with Crippen LogP contribution in [0.25, 0.3) is 0 Å². The molecule has 2 heterocycles. The molecule has 0 radical (unpaired) electrons. The fourth-order valence-corrected chi connectivity index (χ4v) is 2.73. The van der Waals surface area contributed by atoms with E-state index < -0.39 is 0 Å². The zero-order valence-electron chi connectivity index (χ0n) is 11.0. The van der Waals surface area contributed by atoms with Gasteiger partial charge in [-0.25, -0.2) is 0 Å². The van der Waals surface area contributed by atoms with Crippen LogP contribution in [-0.2, 0) is 26.1 Å². The zero-order valence-corrected chi connectivity index (χ0v) is 11.0. The number of pyridine rings is 1. The molecule has 0 atom stereocenters. The molecule has 0 amide bonds. The third-order valence-electron chi connectivity index (χ3n) is 3.78. The number of benzene rings is 1. The van der Waals surface area contributed by atoms with E-state index in [9.17, 15) is 0 Å². The summed E-state index contributed by atoms with van der Waals surface area (Å²) in [6.07, 6.45) is 2.95. The molecular weight excluding hydrogens is 234 g/mol. The Labute approximate surface area is 114 Å². The molecule has 0 fully saturated rings. The first-order valence-electron chi connectivity index (χ1n) is 6.79. The molecule has 2 aromatic rings. The topological polar surface area (TPSA) is 42.1 Å². The van der Waals surface area contributed by atoms with Gasteiger partial charge in [0.1, 0.15) is 0 Å². The average molecular weight is 253 g/mol. The summed E-state index contributed by atoms with van der Waals surface area (Å²) in [5.74, 6) is 0. The fraction of sp³-hybridized carbons (Fsp3) is 0.312. The Hall–Kier alpha value is -1.71. The van der Waals surface area contributed by atoms with E-state index in [1.165, 1.54) is 16.7 Å². The molecule has 1 aromatic heterocycles. The smallest absolute Gasteiger partial charge is 0.0584 e. The predicted molar refractivity (Wildman–Crippen MR) is 76.4 cm³/mol. The van der Waals surface area contributed by atoms with Crippen molar-refractivity contribution in [3.8, 4) is 0 Å². The number of hydrogen-bond donors (Lipinski definition) is 1. The van der Waals surface area contributed by atoms with E-state index in [1.807, 2.05) is 12.3 Å². The first-order chi connectivity index (χ1) is 9.36. The number of rotatable bonds is 3. The Morgan fingerprint density at radius 3 is 2.79 bits per heavy atom. The van der Waals surface area contributed by atoms with E-state index in [4.69, 9.17) is 5.73 Å². The van der Waals surface area contributed by atoms with Crippen LogP contribution in [0.4, 0.5) is 0 Å². The number of aromatic nitrogens is 1. The summed E-state index contributed by atoms with van der Waals surface area (Å²) in [5, 5.41) is 0. The van der Waals surface area contributed by atoms with Crippen molar-refractivity contribution in [2.45, 2.75) is 26.1 Å². The largest absolute Gasteiger partial charge is 0.325 e. The molecule has 0 unspecified atom stereocenters. The predicted octanol–water partition coefficient (Wildman–Crippen LogP) is 2.10. The summed E-state index contributed by atoms with van der Waals surface area (Å²) in [6, 6.07) is 12.8. The van der Waals surface area contributed by atoms with Crippen molar-refractivity contribution in [3.05, 3.63) is 65.0 Å². The highest BCUT2D eigenvalue weighted by molar-refractivity contribution is 5.29. The molecule has 0 bridgehead atoms. The average Bonchev–Trinajstić information content (AvgIpc) is 2.48. The van der Waals surface area contributed by atoms with Crippen molar-refractivity contribution < 1.29 is 0 Å². The number of nitrogens with zero attached hydrogens (tertiary/aromatic N) is 2. The van der Waals surface area contributed by atoms with Crippen LogP contribution in [-0.4, -0.2) is 16.4 Å². The highest BCUT2D eigenvalue weighted by Crippen LogP contribution is 2.20. The summed E-state index contributed by atoms with van der Waals surface area (Å²) < 4.78 is 0. The lowest BCUT2D eigenvalue weighted by molar-refractivity contribution is 0.244. The molecule has 1 aliphatic heterocycles. The summed E-state index contributed by atoms with van der Waals surface area (Å²) >= 11 is 0. The molecule has 98 valence electrons. The molecule has 0 aliphatic carbocycles. The molecule has 2 N–H and O–H groups in total. The van der Waals surface area contributed by atoms with E-state index in [-0.39, 0.29) is 0 Å². The highest BCUT2D eigenvalue weighted by Gasteiger charge is 2.16. The fourth-order valence-electron chi connectivity index (χ4n) is 2.73. The summed E-state index contributed by atoms with van der Waals surface area (Å²) in [6.45, 7) is 3.58. The maximum Gasteiger partial charge on any atom is 0.0584 e. The molecule has 3 nitrogen and oxygen atoms in total. The van der Waals surface area contributed by atoms with Crippen molar-refractivity contribution >= 4 is 0 Å². The van der Waals surface area contributed by atoms with Crippen LogP contribution in [0, 0.1) is 0 Å². The second kappa shape index (κ2) is 5.51. The Morgan fingerprint density at radius 2 is 1.95 bits per heavy atom. The van der Waals surface area contributed by atoms with Crippen molar-refractivity contribution in [2.24, 2.45) is 5.73 Å². The van der Waals surface area contributed by atoms with Crippen LogP contribution in [0.3, 0.4) is 0 Å². The standard InChI is InChI=1S/C16H19N3/c17-10-16-15(6-3-8-18-16)12-19-9-7-13-4-1-2-5-14(13)11-19/h1-6,8H,7,9-12,17H2. The van der Waals surface area contributed by atoms with Gasteiger partial charge in [0.25, 0.3) is 0 Å². The van der Waals surface area contributed by atoms with E-state index in [2.05, 4.69) is 40.2 Å². The van der Waals surface area contributed by atoms with Gasteiger partial charge in [0.2, 0.25) is 0 Å². The Bertz CT molecular complexity index is 565.